The molecule has 0 radical (unpaired) electrons. The highest BCUT2D eigenvalue weighted by Gasteiger charge is 2.31. The summed E-state index contributed by atoms with van der Waals surface area (Å²) >= 11 is 5.30. The van der Waals surface area contributed by atoms with Crippen molar-refractivity contribution in [3.05, 3.63) is 34.6 Å². The average molecular weight is 373 g/mol. The Morgan fingerprint density at radius 2 is 2.12 bits per heavy atom. The number of carbonyl (C=O) groups is 2. The van der Waals surface area contributed by atoms with Crippen LogP contribution in [0.25, 0.3) is 11.4 Å². The van der Waals surface area contributed by atoms with Crippen LogP contribution in [0.4, 0.5) is 0 Å². The first-order valence-electron chi connectivity index (χ1n) is 8.80. The molecule has 2 amide bonds. The van der Waals surface area contributed by atoms with Crippen LogP contribution in [0.1, 0.15) is 25.3 Å². The molecule has 1 atom stereocenters. The van der Waals surface area contributed by atoms with E-state index in [1.807, 2.05) is 42.7 Å². The van der Waals surface area contributed by atoms with Crippen molar-refractivity contribution < 1.29 is 9.59 Å². The Bertz CT molecular complexity index is 855. The number of likely N-dealkylation sites (N-methyl/N-ethyl adjacent to an activating group) is 1. The van der Waals surface area contributed by atoms with Gasteiger partial charge in [0.2, 0.25) is 11.8 Å². The molecule has 8 heteroatoms. The first kappa shape index (κ1) is 18.3. The van der Waals surface area contributed by atoms with Crippen LogP contribution in [0.2, 0.25) is 0 Å². The van der Waals surface area contributed by atoms with Crippen molar-refractivity contribution in [2.24, 2.45) is 0 Å². The van der Waals surface area contributed by atoms with Gasteiger partial charge in [-0.25, -0.2) is 0 Å². The van der Waals surface area contributed by atoms with Gasteiger partial charge in [0.1, 0.15) is 6.04 Å². The highest BCUT2D eigenvalue weighted by Crippen LogP contribution is 2.18. The number of hydrogen-bond acceptors (Lipinski definition) is 4. The first-order chi connectivity index (χ1) is 12.5. The second-order valence-electron chi connectivity index (χ2n) is 6.45. The van der Waals surface area contributed by atoms with Crippen molar-refractivity contribution in [3.63, 3.8) is 0 Å². The number of amides is 2. The fraction of sp³-hybridized carbons (Fsp3) is 0.444. The lowest BCUT2D eigenvalue weighted by Crippen LogP contribution is -2.41. The van der Waals surface area contributed by atoms with Gasteiger partial charge in [0.15, 0.2) is 10.6 Å². The lowest BCUT2D eigenvalue weighted by molar-refractivity contribution is -0.132. The molecule has 0 aliphatic carbocycles. The molecule has 1 fully saturated rings. The number of nitrogens with one attached hydrogen (secondary N) is 2. The van der Waals surface area contributed by atoms with Gasteiger partial charge >= 0.3 is 0 Å². The molecule has 26 heavy (non-hydrogen) atoms. The average Bonchev–Trinajstić information content (AvgIpc) is 3.17. The van der Waals surface area contributed by atoms with Gasteiger partial charge in [-0.05, 0) is 32.5 Å². The van der Waals surface area contributed by atoms with Gasteiger partial charge in [-0.15, -0.1) is 0 Å². The van der Waals surface area contributed by atoms with E-state index in [-0.39, 0.29) is 18.2 Å². The van der Waals surface area contributed by atoms with E-state index in [0.717, 1.165) is 11.1 Å². The van der Waals surface area contributed by atoms with Crippen molar-refractivity contribution in [2.45, 2.75) is 39.3 Å². The summed E-state index contributed by atoms with van der Waals surface area (Å²) in [5.41, 5.74) is 2.10. The number of rotatable bonds is 6. The van der Waals surface area contributed by atoms with Crippen LogP contribution in [-0.4, -0.2) is 50.6 Å². The molecule has 3 rings (SSSR count). The maximum absolute atomic E-state index is 12.3. The Labute approximate surface area is 157 Å². The maximum Gasteiger partial charge on any atom is 0.245 e. The first-order valence-corrected chi connectivity index (χ1v) is 9.20. The molecule has 138 valence electrons. The topological polar surface area (TPSA) is 83.0 Å². The van der Waals surface area contributed by atoms with Gasteiger partial charge in [0, 0.05) is 31.6 Å². The lowest BCUT2D eigenvalue weighted by Gasteiger charge is -2.15. The molecule has 2 heterocycles. The standard InChI is InChI=1S/C18H23N5O2S/c1-3-22-10-8-14(17(22)25)19-15(24)9-11-23-16(20-21-18(23)26)13-6-4-12(2)5-7-13/h4-7,14H,3,8-11H2,1-2H3,(H,19,24)(H,21,26). The molecule has 2 aromatic rings. The van der Waals surface area contributed by atoms with E-state index in [4.69, 9.17) is 12.2 Å². The van der Waals surface area contributed by atoms with Crippen molar-refractivity contribution in [1.82, 2.24) is 25.0 Å². The summed E-state index contributed by atoms with van der Waals surface area (Å²) in [7, 11) is 0. The lowest BCUT2D eigenvalue weighted by atomic mass is 10.1. The minimum Gasteiger partial charge on any atom is -0.344 e. The third-order valence-electron chi connectivity index (χ3n) is 4.64. The monoisotopic (exact) mass is 373 g/mol. The van der Waals surface area contributed by atoms with E-state index in [1.54, 1.807) is 4.90 Å². The second-order valence-corrected chi connectivity index (χ2v) is 6.83. The molecule has 0 bridgehead atoms. The summed E-state index contributed by atoms with van der Waals surface area (Å²) < 4.78 is 2.29. The Kier molecular flexibility index (Phi) is 5.51. The molecule has 0 spiro atoms. The van der Waals surface area contributed by atoms with Crippen LogP contribution in [-0.2, 0) is 16.1 Å². The van der Waals surface area contributed by atoms with Crippen molar-refractivity contribution in [3.8, 4) is 11.4 Å². The van der Waals surface area contributed by atoms with Crippen molar-refractivity contribution >= 4 is 24.0 Å². The van der Waals surface area contributed by atoms with Gasteiger partial charge in [0.25, 0.3) is 0 Å². The number of nitrogens with zero attached hydrogens (tertiary/aromatic N) is 3. The zero-order valence-corrected chi connectivity index (χ0v) is 15.8. The van der Waals surface area contributed by atoms with E-state index in [9.17, 15) is 9.59 Å². The van der Waals surface area contributed by atoms with Crippen LogP contribution in [0, 0.1) is 11.7 Å². The molecule has 7 nitrogen and oxygen atoms in total. The van der Waals surface area contributed by atoms with E-state index in [1.165, 1.54) is 0 Å². The molecule has 1 saturated heterocycles. The minimum absolute atomic E-state index is 0.00103. The van der Waals surface area contributed by atoms with E-state index in [0.29, 0.717) is 36.7 Å². The Balaban J connectivity index is 1.64. The highest BCUT2D eigenvalue weighted by molar-refractivity contribution is 7.71. The number of hydrogen-bond donors (Lipinski definition) is 2. The summed E-state index contributed by atoms with van der Waals surface area (Å²) in [6.45, 7) is 5.74. The minimum atomic E-state index is -0.406. The largest absolute Gasteiger partial charge is 0.344 e. The molecule has 1 aromatic heterocycles. The Morgan fingerprint density at radius 3 is 2.77 bits per heavy atom. The SMILES string of the molecule is CCN1CCC(NC(=O)CCn2c(-c3ccc(C)cc3)n[nH]c2=S)C1=O. The summed E-state index contributed by atoms with van der Waals surface area (Å²) in [5, 5.41) is 9.91. The Hall–Kier alpha value is -2.48. The summed E-state index contributed by atoms with van der Waals surface area (Å²) in [6.07, 6.45) is 0.904. The van der Waals surface area contributed by atoms with Gasteiger partial charge in [-0.3, -0.25) is 19.3 Å². The third kappa shape index (κ3) is 3.85. The quantitative estimate of drug-likeness (QED) is 0.759. The molecule has 1 unspecified atom stereocenters. The molecular weight excluding hydrogens is 350 g/mol. The predicted molar refractivity (Wildman–Crippen MR) is 101 cm³/mol. The number of likely N-dealkylation sites (tertiary alicyclic amines) is 1. The van der Waals surface area contributed by atoms with Crippen LogP contribution in [0.5, 0.6) is 0 Å². The number of benzene rings is 1. The van der Waals surface area contributed by atoms with E-state index >= 15 is 0 Å². The zero-order chi connectivity index (χ0) is 18.7. The number of aryl methyl sites for hydroxylation is 1. The number of aromatic amines is 1. The van der Waals surface area contributed by atoms with Crippen LogP contribution in [0.15, 0.2) is 24.3 Å². The third-order valence-corrected chi connectivity index (χ3v) is 4.96. The van der Waals surface area contributed by atoms with Gasteiger partial charge in [-0.1, -0.05) is 29.8 Å². The number of H-pyrrole nitrogens is 1. The fourth-order valence-electron chi connectivity index (χ4n) is 3.11. The second kappa shape index (κ2) is 7.82. The van der Waals surface area contributed by atoms with E-state index < -0.39 is 6.04 Å². The van der Waals surface area contributed by atoms with Crippen LogP contribution >= 0.6 is 12.2 Å². The molecular formula is C18H23N5O2S. The van der Waals surface area contributed by atoms with Gasteiger partial charge in [0.05, 0.1) is 0 Å². The van der Waals surface area contributed by atoms with Gasteiger partial charge < -0.3 is 10.2 Å². The van der Waals surface area contributed by atoms with E-state index in [2.05, 4.69) is 15.5 Å². The molecule has 2 N–H and O–H groups in total. The smallest absolute Gasteiger partial charge is 0.245 e. The molecule has 1 aliphatic heterocycles. The fourth-order valence-corrected chi connectivity index (χ4v) is 3.34. The Morgan fingerprint density at radius 1 is 1.38 bits per heavy atom. The summed E-state index contributed by atoms with van der Waals surface area (Å²) in [6, 6.07) is 7.57. The summed E-state index contributed by atoms with van der Waals surface area (Å²) in [5.74, 6) is 0.553. The predicted octanol–water partition coefficient (Wildman–Crippen LogP) is 2.04. The molecule has 0 saturated carbocycles. The molecule has 1 aliphatic rings. The highest BCUT2D eigenvalue weighted by atomic mass is 32.1. The van der Waals surface area contributed by atoms with Crippen molar-refractivity contribution in [2.75, 3.05) is 13.1 Å². The van der Waals surface area contributed by atoms with Gasteiger partial charge in [-0.2, -0.15) is 5.10 Å². The zero-order valence-electron chi connectivity index (χ0n) is 15.0. The normalized spacial score (nSPS) is 16.9. The molecule has 1 aromatic carbocycles. The van der Waals surface area contributed by atoms with Crippen LogP contribution < -0.4 is 5.32 Å². The van der Waals surface area contributed by atoms with Crippen LogP contribution in [0.3, 0.4) is 0 Å². The maximum atomic E-state index is 12.3. The van der Waals surface area contributed by atoms with Crippen molar-refractivity contribution in [1.29, 1.82) is 0 Å². The number of carbonyl (C=O) groups excluding carboxylic acids is 2. The summed E-state index contributed by atoms with van der Waals surface area (Å²) in [4.78, 5) is 26.1. The number of aromatic nitrogens is 3.